The molecule has 0 aliphatic rings. The van der Waals surface area contributed by atoms with E-state index in [9.17, 15) is 0 Å². The number of hydrogen-bond acceptors (Lipinski definition) is 2. The topological polar surface area (TPSA) is 22.1 Å². The van der Waals surface area contributed by atoms with Gasteiger partial charge in [-0.3, -0.25) is 4.98 Å². The molecule has 1 aromatic heterocycles. The first-order chi connectivity index (χ1) is 6.24. The van der Waals surface area contributed by atoms with Crippen LogP contribution in [0.2, 0.25) is 0 Å². The van der Waals surface area contributed by atoms with Gasteiger partial charge in [-0.2, -0.15) is 0 Å². The van der Waals surface area contributed by atoms with Crippen LogP contribution in [-0.2, 0) is 5.88 Å². The second-order valence-electron chi connectivity index (χ2n) is 3.32. The minimum Gasteiger partial charge on any atom is -0.491 e. The van der Waals surface area contributed by atoms with E-state index in [0.717, 1.165) is 11.3 Å². The lowest BCUT2D eigenvalue weighted by molar-refractivity contribution is 0.268. The van der Waals surface area contributed by atoms with Crippen LogP contribution in [0.25, 0.3) is 0 Å². The lowest BCUT2D eigenvalue weighted by Crippen LogP contribution is -2.06. The molecule has 0 bridgehead atoms. The third-order valence-corrected chi connectivity index (χ3v) is 1.87. The Kier molecular flexibility index (Phi) is 4.03. The van der Waals surface area contributed by atoms with Crippen molar-refractivity contribution >= 4 is 11.6 Å². The number of pyridine rings is 1. The molecule has 2 nitrogen and oxygen atoms in total. The largest absolute Gasteiger partial charge is 0.491 e. The van der Waals surface area contributed by atoms with Gasteiger partial charge in [-0.15, -0.1) is 11.6 Å². The molecular formula is C10H14ClNO. The molecule has 0 saturated heterocycles. The maximum atomic E-state index is 5.74. The molecule has 0 aliphatic carbocycles. The molecule has 0 radical (unpaired) electrons. The summed E-state index contributed by atoms with van der Waals surface area (Å²) in [6.45, 7) is 4.92. The van der Waals surface area contributed by atoms with E-state index in [0.29, 0.717) is 18.4 Å². The first-order valence-electron chi connectivity index (χ1n) is 4.35. The zero-order valence-electron chi connectivity index (χ0n) is 7.96. The smallest absolute Gasteiger partial charge is 0.141 e. The van der Waals surface area contributed by atoms with Gasteiger partial charge in [0.25, 0.3) is 0 Å². The molecule has 0 saturated carbocycles. The zero-order chi connectivity index (χ0) is 9.68. The summed E-state index contributed by atoms with van der Waals surface area (Å²) in [5.41, 5.74) is 0.998. The molecular weight excluding hydrogens is 186 g/mol. The second-order valence-corrected chi connectivity index (χ2v) is 3.59. The average molecular weight is 200 g/mol. The standard InChI is InChI=1S/C10H14ClNO/c1-8(2)7-13-10-6-12-4-3-9(10)5-11/h3-4,6,8H,5,7H2,1-2H3. The molecule has 1 heterocycles. The summed E-state index contributed by atoms with van der Waals surface area (Å²) >= 11 is 5.74. The maximum Gasteiger partial charge on any atom is 0.141 e. The van der Waals surface area contributed by atoms with Gasteiger partial charge in [0.15, 0.2) is 0 Å². The highest BCUT2D eigenvalue weighted by Crippen LogP contribution is 2.18. The summed E-state index contributed by atoms with van der Waals surface area (Å²) < 4.78 is 5.54. The fourth-order valence-corrected chi connectivity index (χ4v) is 1.13. The molecule has 72 valence electrons. The molecule has 0 fully saturated rings. The number of hydrogen-bond donors (Lipinski definition) is 0. The van der Waals surface area contributed by atoms with Crippen molar-refractivity contribution < 1.29 is 4.74 Å². The van der Waals surface area contributed by atoms with Crippen LogP contribution in [-0.4, -0.2) is 11.6 Å². The van der Waals surface area contributed by atoms with E-state index >= 15 is 0 Å². The Hall–Kier alpha value is -0.760. The molecule has 0 N–H and O–H groups in total. The highest BCUT2D eigenvalue weighted by atomic mass is 35.5. The fourth-order valence-electron chi connectivity index (χ4n) is 0.906. The number of alkyl halides is 1. The van der Waals surface area contributed by atoms with Crippen molar-refractivity contribution in [1.82, 2.24) is 4.98 Å². The lowest BCUT2D eigenvalue weighted by Gasteiger charge is -2.10. The maximum absolute atomic E-state index is 5.74. The quantitative estimate of drug-likeness (QED) is 0.696. The molecule has 0 aromatic carbocycles. The normalized spacial score (nSPS) is 10.5. The predicted molar refractivity (Wildman–Crippen MR) is 54.1 cm³/mol. The molecule has 3 heteroatoms. The molecule has 1 rings (SSSR count). The minimum atomic E-state index is 0.468. The van der Waals surface area contributed by atoms with Gasteiger partial charge in [0.2, 0.25) is 0 Å². The SMILES string of the molecule is CC(C)COc1cnccc1CCl. The van der Waals surface area contributed by atoms with Gasteiger partial charge in [-0.25, -0.2) is 0 Å². The van der Waals surface area contributed by atoms with Crippen molar-refractivity contribution in [2.45, 2.75) is 19.7 Å². The van der Waals surface area contributed by atoms with Crippen LogP contribution in [0.1, 0.15) is 19.4 Å². The Labute approximate surface area is 83.9 Å². The van der Waals surface area contributed by atoms with Crippen LogP contribution in [0, 0.1) is 5.92 Å². The monoisotopic (exact) mass is 199 g/mol. The fraction of sp³-hybridized carbons (Fsp3) is 0.500. The summed E-state index contributed by atoms with van der Waals surface area (Å²) in [6, 6.07) is 1.88. The summed E-state index contributed by atoms with van der Waals surface area (Å²) in [5, 5.41) is 0. The van der Waals surface area contributed by atoms with Gasteiger partial charge in [0, 0.05) is 11.8 Å². The molecule has 0 aliphatic heterocycles. The van der Waals surface area contributed by atoms with E-state index in [-0.39, 0.29) is 0 Å². The number of ether oxygens (including phenoxy) is 1. The van der Waals surface area contributed by atoms with Gasteiger partial charge in [-0.1, -0.05) is 13.8 Å². The van der Waals surface area contributed by atoms with Crippen molar-refractivity contribution in [2.24, 2.45) is 5.92 Å². The van der Waals surface area contributed by atoms with Gasteiger partial charge in [0.1, 0.15) is 5.75 Å². The number of rotatable bonds is 4. The van der Waals surface area contributed by atoms with Crippen molar-refractivity contribution in [3.05, 3.63) is 24.0 Å². The molecule has 0 atom stereocenters. The Balaban J connectivity index is 2.64. The predicted octanol–water partition coefficient (Wildman–Crippen LogP) is 2.86. The van der Waals surface area contributed by atoms with Crippen molar-refractivity contribution in [2.75, 3.05) is 6.61 Å². The summed E-state index contributed by atoms with van der Waals surface area (Å²) in [6.07, 6.45) is 3.43. The first kappa shape index (κ1) is 10.3. The van der Waals surface area contributed by atoms with Crippen molar-refractivity contribution in [3.8, 4) is 5.75 Å². The third kappa shape index (κ3) is 3.23. The van der Waals surface area contributed by atoms with E-state index in [1.54, 1.807) is 12.4 Å². The van der Waals surface area contributed by atoms with E-state index in [1.165, 1.54) is 0 Å². The van der Waals surface area contributed by atoms with Crippen molar-refractivity contribution in [1.29, 1.82) is 0 Å². The van der Waals surface area contributed by atoms with Gasteiger partial charge < -0.3 is 4.74 Å². The number of aromatic nitrogens is 1. The molecule has 0 unspecified atom stereocenters. The number of nitrogens with zero attached hydrogens (tertiary/aromatic N) is 1. The Morgan fingerprint density at radius 2 is 2.31 bits per heavy atom. The molecule has 13 heavy (non-hydrogen) atoms. The minimum absolute atomic E-state index is 0.468. The van der Waals surface area contributed by atoms with Crippen LogP contribution in [0.3, 0.4) is 0 Å². The van der Waals surface area contributed by atoms with Crippen molar-refractivity contribution in [3.63, 3.8) is 0 Å². The number of halogens is 1. The summed E-state index contributed by atoms with van der Waals surface area (Å²) in [4.78, 5) is 3.99. The van der Waals surface area contributed by atoms with E-state index in [2.05, 4.69) is 18.8 Å². The highest BCUT2D eigenvalue weighted by molar-refractivity contribution is 6.17. The van der Waals surface area contributed by atoms with E-state index in [4.69, 9.17) is 16.3 Å². The van der Waals surface area contributed by atoms with Gasteiger partial charge >= 0.3 is 0 Å². The zero-order valence-corrected chi connectivity index (χ0v) is 8.71. The van der Waals surface area contributed by atoms with E-state index in [1.807, 2.05) is 6.07 Å². The lowest BCUT2D eigenvalue weighted by atomic mass is 10.2. The van der Waals surface area contributed by atoms with Gasteiger partial charge in [0.05, 0.1) is 18.7 Å². The van der Waals surface area contributed by atoms with Crippen LogP contribution in [0.4, 0.5) is 0 Å². The average Bonchev–Trinajstić information content (AvgIpc) is 2.15. The van der Waals surface area contributed by atoms with Crippen LogP contribution in [0.5, 0.6) is 5.75 Å². The molecule has 1 aromatic rings. The Bertz CT molecular complexity index is 263. The highest BCUT2D eigenvalue weighted by Gasteiger charge is 2.02. The van der Waals surface area contributed by atoms with Crippen LogP contribution >= 0.6 is 11.6 Å². The van der Waals surface area contributed by atoms with Gasteiger partial charge in [-0.05, 0) is 12.0 Å². The molecule has 0 amide bonds. The third-order valence-electron chi connectivity index (χ3n) is 1.59. The van der Waals surface area contributed by atoms with Crippen LogP contribution < -0.4 is 4.74 Å². The molecule has 0 spiro atoms. The first-order valence-corrected chi connectivity index (χ1v) is 4.89. The summed E-state index contributed by atoms with van der Waals surface area (Å²) in [7, 11) is 0. The van der Waals surface area contributed by atoms with E-state index < -0.39 is 0 Å². The Morgan fingerprint density at radius 3 is 2.92 bits per heavy atom. The summed E-state index contributed by atoms with van der Waals surface area (Å²) in [5.74, 6) is 1.78. The second kappa shape index (κ2) is 5.07. The Morgan fingerprint density at radius 1 is 1.54 bits per heavy atom. The van der Waals surface area contributed by atoms with Crippen LogP contribution in [0.15, 0.2) is 18.5 Å².